The quantitative estimate of drug-likeness (QED) is 0.543. The summed E-state index contributed by atoms with van der Waals surface area (Å²) in [6, 6.07) is 15.7. The molecule has 20 heavy (non-hydrogen) atoms. The van der Waals surface area contributed by atoms with Crippen LogP contribution in [0.4, 0.5) is 0 Å². The van der Waals surface area contributed by atoms with Gasteiger partial charge in [-0.1, -0.05) is 82.6 Å². The van der Waals surface area contributed by atoms with Crippen molar-refractivity contribution in [1.29, 1.82) is 0 Å². The molecule has 0 fully saturated rings. The van der Waals surface area contributed by atoms with E-state index in [4.69, 9.17) is 0 Å². The summed E-state index contributed by atoms with van der Waals surface area (Å²) < 4.78 is 0. The predicted octanol–water partition coefficient (Wildman–Crippen LogP) is 5.26. The van der Waals surface area contributed by atoms with Crippen LogP contribution in [-0.2, 0) is 6.42 Å². The van der Waals surface area contributed by atoms with Crippen molar-refractivity contribution in [3.63, 3.8) is 0 Å². The Bertz CT molecular complexity index is 508. The maximum Gasteiger partial charge on any atom is 0.193 e. The van der Waals surface area contributed by atoms with Crippen molar-refractivity contribution < 1.29 is 4.79 Å². The minimum Gasteiger partial charge on any atom is -0.289 e. The van der Waals surface area contributed by atoms with Crippen molar-refractivity contribution in [3.8, 4) is 0 Å². The number of hydrogen-bond acceptors (Lipinski definition) is 1. The standard InChI is InChI=1S/C14H10O.C3H8.C2H6/c15-14-12-7-3-1-5-10(12)9-11-6-2-4-8-13(11)14;1-3-2;1-2/h1-8H,9H2;3H2,1-2H3;1-2H3. The molecule has 1 aliphatic carbocycles. The first-order chi connectivity index (χ1) is 9.77. The smallest absolute Gasteiger partial charge is 0.193 e. The average Bonchev–Trinajstić information content (AvgIpc) is 2.50. The fraction of sp³-hybridized carbons (Fsp3) is 0.316. The molecule has 0 spiro atoms. The van der Waals surface area contributed by atoms with E-state index in [0.717, 1.165) is 28.7 Å². The van der Waals surface area contributed by atoms with Gasteiger partial charge in [0.05, 0.1) is 0 Å². The Labute approximate surface area is 122 Å². The van der Waals surface area contributed by atoms with E-state index in [2.05, 4.69) is 13.8 Å². The molecule has 0 aromatic heterocycles. The second kappa shape index (κ2) is 8.31. The van der Waals surface area contributed by atoms with Crippen LogP contribution < -0.4 is 0 Å². The van der Waals surface area contributed by atoms with Gasteiger partial charge >= 0.3 is 0 Å². The molecule has 106 valence electrons. The van der Waals surface area contributed by atoms with Crippen LogP contribution in [0.2, 0.25) is 0 Å². The molecule has 0 radical (unpaired) electrons. The van der Waals surface area contributed by atoms with Crippen LogP contribution in [0.1, 0.15) is 61.2 Å². The zero-order valence-electron chi connectivity index (χ0n) is 12.9. The second-order valence-corrected chi connectivity index (χ2v) is 4.53. The van der Waals surface area contributed by atoms with Crippen LogP contribution in [0.5, 0.6) is 0 Å². The minimum atomic E-state index is 0.160. The second-order valence-electron chi connectivity index (χ2n) is 4.53. The highest BCUT2D eigenvalue weighted by atomic mass is 16.1. The highest BCUT2D eigenvalue weighted by Gasteiger charge is 2.21. The largest absolute Gasteiger partial charge is 0.289 e. The van der Waals surface area contributed by atoms with Crippen molar-refractivity contribution in [2.45, 2.75) is 40.5 Å². The van der Waals surface area contributed by atoms with Crippen LogP contribution >= 0.6 is 0 Å². The lowest BCUT2D eigenvalue weighted by atomic mass is 9.85. The first-order valence-electron chi connectivity index (χ1n) is 7.48. The summed E-state index contributed by atoms with van der Waals surface area (Å²) in [5.74, 6) is 0.160. The lowest BCUT2D eigenvalue weighted by Gasteiger charge is -2.17. The number of ketones is 1. The zero-order chi connectivity index (χ0) is 15.0. The van der Waals surface area contributed by atoms with E-state index in [1.165, 1.54) is 6.42 Å². The zero-order valence-corrected chi connectivity index (χ0v) is 12.9. The summed E-state index contributed by atoms with van der Waals surface area (Å²) in [5.41, 5.74) is 4.00. The van der Waals surface area contributed by atoms with Gasteiger partial charge in [0.2, 0.25) is 0 Å². The van der Waals surface area contributed by atoms with Crippen LogP contribution in [0.25, 0.3) is 0 Å². The fourth-order valence-corrected chi connectivity index (χ4v) is 2.14. The van der Waals surface area contributed by atoms with Gasteiger partial charge in [-0.15, -0.1) is 0 Å². The molecule has 1 aliphatic rings. The molecule has 0 amide bonds. The Morgan fingerprint density at radius 3 is 1.55 bits per heavy atom. The SMILES string of the molecule is CC.CCC.O=C1c2ccccc2Cc2ccccc21. The third-order valence-corrected chi connectivity index (χ3v) is 2.90. The van der Waals surface area contributed by atoms with E-state index in [-0.39, 0.29) is 5.78 Å². The first-order valence-corrected chi connectivity index (χ1v) is 7.48. The van der Waals surface area contributed by atoms with Gasteiger partial charge in [0.25, 0.3) is 0 Å². The van der Waals surface area contributed by atoms with Crippen molar-refractivity contribution >= 4 is 5.78 Å². The number of benzene rings is 2. The Morgan fingerprint density at radius 2 is 1.15 bits per heavy atom. The average molecular weight is 268 g/mol. The lowest BCUT2D eigenvalue weighted by Crippen LogP contribution is -2.14. The first kappa shape index (κ1) is 16.2. The van der Waals surface area contributed by atoms with Crippen molar-refractivity contribution in [1.82, 2.24) is 0 Å². The summed E-state index contributed by atoms with van der Waals surface area (Å²) >= 11 is 0. The summed E-state index contributed by atoms with van der Waals surface area (Å²) in [6.07, 6.45) is 2.12. The number of fused-ring (bicyclic) bond motifs is 2. The third kappa shape index (κ3) is 3.57. The summed E-state index contributed by atoms with van der Waals surface area (Å²) in [6.45, 7) is 8.25. The van der Waals surface area contributed by atoms with Crippen molar-refractivity contribution in [2.75, 3.05) is 0 Å². The monoisotopic (exact) mass is 268 g/mol. The molecule has 0 saturated heterocycles. The number of carbonyl (C=O) groups excluding carboxylic acids is 1. The van der Waals surface area contributed by atoms with Gasteiger partial charge in [-0.3, -0.25) is 4.79 Å². The molecular weight excluding hydrogens is 244 g/mol. The van der Waals surface area contributed by atoms with Gasteiger partial charge in [0.1, 0.15) is 0 Å². The Balaban J connectivity index is 0.000000357. The molecule has 0 N–H and O–H groups in total. The van der Waals surface area contributed by atoms with E-state index in [9.17, 15) is 4.79 Å². The summed E-state index contributed by atoms with van der Waals surface area (Å²) in [4.78, 5) is 12.1. The molecular formula is C19H24O. The topological polar surface area (TPSA) is 17.1 Å². The van der Waals surface area contributed by atoms with Gasteiger partial charge in [-0.2, -0.15) is 0 Å². The number of hydrogen-bond donors (Lipinski definition) is 0. The minimum absolute atomic E-state index is 0.160. The molecule has 1 nitrogen and oxygen atoms in total. The molecule has 2 aromatic rings. The van der Waals surface area contributed by atoms with Gasteiger partial charge in [0, 0.05) is 11.1 Å². The van der Waals surface area contributed by atoms with Crippen LogP contribution in [0.3, 0.4) is 0 Å². The van der Waals surface area contributed by atoms with Crippen LogP contribution in [0, 0.1) is 0 Å². The van der Waals surface area contributed by atoms with E-state index in [0.29, 0.717) is 0 Å². The van der Waals surface area contributed by atoms with E-state index >= 15 is 0 Å². The van der Waals surface area contributed by atoms with Gasteiger partial charge in [-0.05, 0) is 17.5 Å². The van der Waals surface area contributed by atoms with Gasteiger partial charge in [-0.25, -0.2) is 0 Å². The molecule has 1 heteroatoms. The molecule has 0 saturated carbocycles. The Morgan fingerprint density at radius 1 is 0.800 bits per heavy atom. The van der Waals surface area contributed by atoms with E-state index < -0.39 is 0 Å². The normalized spacial score (nSPS) is 11.1. The van der Waals surface area contributed by atoms with Crippen molar-refractivity contribution in [3.05, 3.63) is 70.8 Å². The highest BCUT2D eigenvalue weighted by molar-refractivity contribution is 6.12. The predicted molar refractivity (Wildman–Crippen MR) is 86.4 cm³/mol. The molecule has 0 atom stereocenters. The third-order valence-electron chi connectivity index (χ3n) is 2.90. The highest BCUT2D eigenvalue weighted by Crippen LogP contribution is 2.26. The van der Waals surface area contributed by atoms with Crippen molar-refractivity contribution in [2.24, 2.45) is 0 Å². The van der Waals surface area contributed by atoms with Crippen LogP contribution in [0.15, 0.2) is 48.5 Å². The lowest BCUT2D eigenvalue weighted by molar-refractivity contribution is 0.103. The van der Waals surface area contributed by atoms with E-state index in [1.54, 1.807) is 0 Å². The summed E-state index contributed by atoms with van der Waals surface area (Å²) in [7, 11) is 0. The Hall–Kier alpha value is -1.89. The van der Waals surface area contributed by atoms with Gasteiger partial charge in [0.15, 0.2) is 5.78 Å². The maximum absolute atomic E-state index is 12.1. The molecule has 2 aromatic carbocycles. The number of carbonyl (C=O) groups is 1. The summed E-state index contributed by atoms with van der Waals surface area (Å²) in [5, 5.41) is 0. The number of rotatable bonds is 0. The van der Waals surface area contributed by atoms with E-state index in [1.807, 2.05) is 62.4 Å². The molecule has 3 rings (SSSR count). The fourth-order valence-electron chi connectivity index (χ4n) is 2.14. The molecule has 0 unspecified atom stereocenters. The molecule has 0 bridgehead atoms. The van der Waals surface area contributed by atoms with Crippen LogP contribution in [-0.4, -0.2) is 5.78 Å². The Kier molecular flexibility index (Phi) is 6.72. The molecule has 0 aliphatic heterocycles. The van der Waals surface area contributed by atoms with Gasteiger partial charge < -0.3 is 0 Å². The maximum atomic E-state index is 12.1. The molecule has 0 heterocycles.